The maximum absolute atomic E-state index is 12.6. The van der Waals surface area contributed by atoms with Gasteiger partial charge in [0.15, 0.2) is 11.5 Å². The molecule has 1 aliphatic rings. The second kappa shape index (κ2) is 7.30. The first-order chi connectivity index (χ1) is 13.6. The maximum atomic E-state index is 12.6. The number of benzene rings is 2. The highest BCUT2D eigenvalue weighted by Crippen LogP contribution is 2.40. The van der Waals surface area contributed by atoms with Crippen molar-refractivity contribution < 1.29 is 19.0 Å². The molecule has 0 radical (unpaired) electrons. The van der Waals surface area contributed by atoms with Gasteiger partial charge >= 0.3 is 6.03 Å². The Morgan fingerprint density at radius 2 is 1.79 bits per heavy atom. The van der Waals surface area contributed by atoms with E-state index in [4.69, 9.17) is 14.2 Å². The molecule has 0 bridgehead atoms. The summed E-state index contributed by atoms with van der Waals surface area (Å²) in [7, 11) is 4.61. The van der Waals surface area contributed by atoms with Gasteiger partial charge in [0, 0.05) is 25.2 Å². The standard InChI is InChI=1S/C20H22N4O4/c1-26-16-8-13(9-17(27-2)18(16)28-3)21-20(25)24-10-12(11-24)19-22-14-6-4-5-7-15(14)23-19/h4-9,12H,10-11H2,1-3H3,(H,21,25)(H,22,23). The first-order valence-electron chi connectivity index (χ1n) is 8.93. The molecule has 1 aromatic heterocycles. The van der Waals surface area contributed by atoms with Crippen LogP contribution in [-0.4, -0.2) is 55.3 Å². The van der Waals surface area contributed by atoms with E-state index >= 15 is 0 Å². The average molecular weight is 382 g/mol. The molecule has 146 valence electrons. The highest BCUT2D eigenvalue weighted by Gasteiger charge is 2.34. The molecule has 0 atom stereocenters. The Bertz CT molecular complexity index is 952. The number of para-hydroxylation sites is 2. The molecule has 1 saturated heterocycles. The fraction of sp³-hybridized carbons (Fsp3) is 0.300. The number of fused-ring (bicyclic) bond motifs is 1. The van der Waals surface area contributed by atoms with E-state index < -0.39 is 0 Å². The summed E-state index contributed by atoms with van der Waals surface area (Å²) in [6, 6.07) is 11.1. The van der Waals surface area contributed by atoms with Crippen LogP contribution >= 0.6 is 0 Å². The van der Waals surface area contributed by atoms with E-state index in [0.717, 1.165) is 16.9 Å². The van der Waals surface area contributed by atoms with Crippen LogP contribution in [-0.2, 0) is 0 Å². The molecule has 4 rings (SSSR count). The van der Waals surface area contributed by atoms with Crippen LogP contribution in [0.25, 0.3) is 11.0 Å². The van der Waals surface area contributed by atoms with Crippen LogP contribution in [0.2, 0.25) is 0 Å². The van der Waals surface area contributed by atoms with Crippen molar-refractivity contribution in [3.05, 3.63) is 42.2 Å². The largest absolute Gasteiger partial charge is 0.493 e. The summed E-state index contributed by atoms with van der Waals surface area (Å²) >= 11 is 0. The van der Waals surface area contributed by atoms with Crippen molar-refractivity contribution in [3.8, 4) is 17.2 Å². The molecule has 2 amide bonds. The number of methoxy groups -OCH3 is 3. The number of carbonyl (C=O) groups excluding carboxylic acids is 1. The lowest BCUT2D eigenvalue weighted by molar-refractivity contribution is 0.161. The topological polar surface area (TPSA) is 88.7 Å². The van der Waals surface area contributed by atoms with E-state index in [-0.39, 0.29) is 11.9 Å². The molecule has 2 aromatic carbocycles. The van der Waals surface area contributed by atoms with E-state index in [1.54, 1.807) is 17.0 Å². The summed E-state index contributed by atoms with van der Waals surface area (Å²) < 4.78 is 15.9. The van der Waals surface area contributed by atoms with Crippen LogP contribution in [0.3, 0.4) is 0 Å². The average Bonchev–Trinajstić information content (AvgIpc) is 3.09. The van der Waals surface area contributed by atoms with E-state index in [2.05, 4.69) is 15.3 Å². The van der Waals surface area contributed by atoms with Gasteiger partial charge in [0.25, 0.3) is 0 Å². The van der Waals surface area contributed by atoms with Gasteiger partial charge in [-0.1, -0.05) is 12.1 Å². The molecule has 2 N–H and O–H groups in total. The number of rotatable bonds is 5. The Morgan fingerprint density at radius 1 is 1.11 bits per heavy atom. The van der Waals surface area contributed by atoms with Crippen LogP contribution in [0.5, 0.6) is 17.2 Å². The monoisotopic (exact) mass is 382 g/mol. The lowest BCUT2D eigenvalue weighted by atomic mass is 10.0. The number of hydrogen-bond acceptors (Lipinski definition) is 5. The van der Waals surface area contributed by atoms with Gasteiger partial charge < -0.3 is 29.4 Å². The van der Waals surface area contributed by atoms with Gasteiger partial charge in [-0.15, -0.1) is 0 Å². The molecule has 0 aliphatic carbocycles. The van der Waals surface area contributed by atoms with Gasteiger partial charge in [-0.25, -0.2) is 9.78 Å². The number of urea groups is 1. The smallest absolute Gasteiger partial charge is 0.321 e. The minimum absolute atomic E-state index is 0.179. The number of anilines is 1. The van der Waals surface area contributed by atoms with Gasteiger partial charge in [0.2, 0.25) is 5.75 Å². The summed E-state index contributed by atoms with van der Waals surface area (Å²) in [6.45, 7) is 1.21. The second-order valence-electron chi connectivity index (χ2n) is 6.59. The van der Waals surface area contributed by atoms with E-state index in [1.807, 2.05) is 24.3 Å². The number of hydrogen-bond donors (Lipinski definition) is 2. The van der Waals surface area contributed by atoms with Crippen molar-refractivity contribution in [3.63, 3.8) is 0 Å². The number of nitrogens with one attached hydrogen (secondary N) is 2. The molecule has 0 spiro atoms. The zero-order valence-electron chi connectivity index (χ0n) is 16.0. The molecule has 1 fully saturated rings. The Hall–Kier alpha value is -3.42. The fourth-order valence-electron chi connectivity index (χ4n) is 3.34. The van der Waals surface area contributed by atoms with Crippen LogP contribution in [0.1, 0.15) is 11.7 Å². The number of amides is 2. The zero-order chi connectivity index (χ0) is 19.7. The Kier molecular flexibility index (Phi) is 4.68. The highest BCUT2D eigenvalue weighted by molar-refractivity contribution is 5.91. The molecule has 1 aliphatic heterocycles. The number of aromatic nitrogens is 2. The first kappa shape index (κ1) is 18.0. The molecule has 8 heteroatoms. The Balaban J connectivity index is 1.42. The predicted molar refractivity (Wildman–Crippen MR) is 106 cm³/mol. The van der Waals surface area contributed by atoms with Crippen LogP contribution in [0.15, 0.2) is 36.4 Å². The number of H-pyrrole nitrogens is 1. The van der Waals surface area contributed by atoms with Crippen molar-refractivity contribution in [1.29, 1.82) is 0 Å². The molecular weight excluding hydrogens is 360 g/mol. The first-order valence-corrected chi connectivity index (χ1v) is 8.93. The number of nitrogens with zero attached hydrogens (tertiary/aromatic N) is 2. The third-order valence-corrected chi connectivity index (χ3v) is 4.88. The van der Waals surface area contributed by atoms with E-state index in [9.17, 15) is 4.79 Å². The summed E-state index contributed by atoms with van der Waals surface area (Å²) in [5, 5.41) is 2.88. The quantitative estimate of drug-likeness (QED) is 0.707. The molecule has 8 nitrogen and oxygen atoms in total. The number of ether oxygens (including phenoxy) is 3. The highest BCUT2D eigenvalue weighted by atomic mass is 16.5. The van der Waals surface area contributed by atoms with Gasteiger partial charge in [-0.2, -0.15) is 0 Å². The number of carbonyl (C=O) groups is 1. The lowest BCUT2D eigenvalue weighted by Crippen LogP contribution is -2.50. The summed E-state index contributed by atoms with van der Waals surface area (Å²) in [4.78, 5) is 22.3. The minimum Gasteiger partial charge on any atom is -0.493 e. The van der Waals surface area contributed by atoms with Gasteiger partial charge in [-0.05, 0) is 12.1 Å². The number of imidazole rings is 1. The number of likely N-dealkylation sites (tertiary alicyclic amines) is 1. The molecule has 2 heterocycles. The Morgan fingerprint density at radius 3 is 2.39 bits per heavy atom. The van der Waals surface area contributed by atoms with Gasteiger partial charge in [0.05, 0.1) is 44.0 Å². The SMILES string of the molecule is COc1cc(NC(=O)N2CC(c3nc4ccccc4[nH]3)C2)cc(OC)c1OC. The van der Waals surface area contributed by atoms with E-state index in [1.165, 1.54) is 21.3 Å². The third-order valence-electron chi connectivity index (χ3n) is 4.88. The summed E-state index contributed by atoms with van der Waals surface area (Å²) in [5.41, 5.74) is 2.53. The third kappa shape index (κ3) is 3.17. The van der Waals surface area contributed by atoms with Gasteiger partial charge in [0.1, 0.15) is 5.82 Å². The zero-order valence-corrected chi connectivity index (χ0v) is 16.0. The molecular formula is C20H22N4O4. The van der Waals surface area contributed by atoms with Crippen molar-refractivity contribution in [1.82, 2.24) is 14.9 Å². The summed E-state index contributed by atoms with van der Waals surface area (Å²) in [5.74, 6) is 2.58. The summed E-state index contributed by atoms with van der Waals surface area (Å²) in [6.07, 6.45) is 0. The Labute approximate surface area is 162 Å². The number of aromatic amines is 1. The second-order valence-corrected chi connectivity index (χ2v) is 6.59. The van der Waals surface area contributed by atoms with Gasteiger partial charge in [-0.3, -0.25) is 0 Å². The van der Waals surface area contributed by atoms with Crippen LogP contribution in [0, 0.1) is 0 Å². The fourth-order valence-corrected chi connectivity index (χ4v) is 3.34. The van der Waals surface area contributed by atoms with E-state index in [0.29, 0.717) is 36.0 Å². The van der Waals surface area contributed by atoms with Crippen molar-refractivity contribution >= 4 is 22.8 Å². The van der Waals surface area contributed by atoms with Crippen molar-refractivity contribution in [2.24, 2.45) is 0 Å². The maximum Gasteiger partial charge on any atom is 0.321 e. The molecule has 0 saturated carbocycles. The van der Waals surface area contributed by atoms with Crippen LogP contribution < -0.4 is 19.5 Å². The lowest BCUT2D eigenvalue weighted by Gasteiger charge is -2.38. The van der Waals surface area contributed by atoms with Crippen LogP contribution in [0.4, 0.5) is 10.5 Å². The van der Waals surface area contributed by atoms with Crippen molar-refractivity contribution in [2.45, 2.75) is 5.92 Å². The molecule has 3 aromatic rings. The predicted octanol–water partition coefficient (Wildman–Crippen LogP) is 3.22. The minimum atomic E-state index is -0.179. The molecule has 28 heavy (non-hydrogen) atoms. The normalized spacial score (nSPS) is 13.9. The molecule has 0 unspecified atom stereocenters. The van der Waals surface area contributed by atoms with Crippen molar-refractivity contribution in [2.75, 3.05) is 39.7 Å².